The van der Waals surface area contributed by atoms with Gasteiger partial charge in [-0.05, 0) is 54.7 Å². The minimum absolute atomic E-state index is 0.615. The number of anilines is 1. The van der Waals surface area contributed by atoms with E-state index < -0.39 is 0 Å². The average molecular weight is 325 g/mol. The summed E-state index contributed by atoms with van der Waals surface area (Å²) in [5.74, 6) is 1.06. The standard InChI is InChI=1S/C14H21BrN4/c15-13-9-16-11-17-14(13)19-8-4-5-12(19)10-18-6-2-1-3-7-18/h9,11-12H,1-8,10H2. The lowest BCUT2D eigenvalue weighted by atomic mass is 10.1. The third-order valence-electron chi connectivity index (χ3n) is 4.22. The number of likely N-dealkylation sites (tertiary alicyclic amines) is 1. The molecule has 19 heavy (non-hydrogen) atoms. The van der Waals surface area contributed by atoms with E-state index in [0.29, 0.717) is 6.04 Å². The summed E-state index contributed by atoms with van der Waals surface area (Å²) >= 11 is 3.58. The fourth-order valence-electron chi connectivity index (χ4n) is 3.26. The van der Waals surface area contributed by atoms with Crippen LogP contribution in [0.5, 0.6) is 0 Å². The van der Waals surface area contributed by atoms with Gasteiger partial charge in [-0.15, -0.1) is 0 Å². The van der Waals surface area contributed by atoms with Gasteiger partial charge in [-0.1, -0.05) is 6.42 Å². The third kappa shape index (κ3) is 3.08. The first-order chi connectivity index (χ1) is 9.34. The van der Waals surface area contributed by atoms with E-state index in [9.17, 15) is 0 Å². The molecule has 2 aliphatic rings. The Hall–Kier alpha value is -0.680. The van der Waals surface area contributed by atoms with Gasteiger partial charge < -0.3 is 9.80 Å². The topological polar surface area (TPSA) is 32.3 Å². The van der Waals surface area contributed by atoms with Gasteiger partial charge in [0, 0.05) is 25.3 Å². The molecule has 0 saturated carbocycles. The van der Waals surface area contributed by atoms with Crippen molar-refractivity contribution >= 4 is 21.7 Å². The molecule has 0 aromatic carbocycles. The number of rotatable bonds is 3. The van der Waals surface area contributed by atoms with Gasteiger partial charge in [-0.25, -0.2) is 9.97 Å². The Balaban J connectivity index is 1.69. The number of hydrogen-bond acceptors (Lipinski definition) is 4. The van der Waals surface area contributed by atoms with Gasteiger partial charge in [0.1, 0.15) is 12.1 Å². The molecule has 104 valence electrons. The van der Waals surface area contributed by atoms with E-state index in [4.69, 9.17) is 0 Å². The highest BCUT2D eigenvalue weighted by Crippen LogP contribution is 2.30. The summed E-state index contributed by atoms with van der Waals surface area (Å²) in [5.41, 5.74) is 0. The maximum Gasteiger partial charge on any atom is 0.146 e. The summed E-state index contributed by atoms with van der Waals surface area (Å²) in [6.45, 7) is 4.86. The number of piperidine rings is 1. The van der Waals surface area contributed by atoms with Gasteiger partial charge in [0.05, 0.1) is 4.47 Å². The second-order valence-corrected chi connectivity index (χ2v) is 6.40. The number of aromatic nitrogens is 2. The van der Waals surface area contributed by atoms with Crippen molar-refractivity contribution < 1.29 is 0 Å². The molecular formula is C14H21BrN4. The largest absolute Gasteiger partial charge is 0.351 e. The molecular weight excluding hydrogens is 304 g/mol. The van der Waals surface area contributed by atoms with Crippen molar-refractivity contribution in [1.29, 1.82) is 0 Å². The van der Waals surface area contributed by atoms with Crippen molar-refractivity contribution in [2.24, 2.45) is 0 Å². The van der Waals surface area contributed by atoms with Crippen molar-refractivity contribution in [3.8, 4) is 0 Å². The lowest BCUT2D eigenvalue weighted by Crippen LogP contribution is -2.42. The first-order valence-electron chi connectivity index (χ1n) is 7.29. The zero-order valence-corrected chi connectivity index (χ0v) is 12.8. The highest BCUT2D eigenvalue weighted by molar-refractivity contribution is 9.10. The van der Waals surface area contributed by atoms with Crippen LogP contribution in [0.4, 0.5) is 5.82 Å². The molecule has 0 bridgehead atoms. The Morgan fingerprint density at radius 2 is 2.00 bits per heavy atom. The van der Waals surface area contributed by atoms with Gasteiger partial charge in [0.15, 0.2) is 0 Å². The van der Waals surface area contributed by atoms with Gasteiger partial charge in [0.2, 0.25) is 0 Å². The number of hydrogen-bond donors (Lipinski definition) is 0. The third-order valence-corrected chi connectivity index (χ3v) is 4.77. The zero-order valence-electron chi connectivity index (χ0n) is 11.3. The summed E-state index contributed by atoms with van der Waals surface area (Å²) in [6.07, 6.45) is 10.2. The molecule has 2 saturated heterocycles. The fraction of sp³-hybridized carbons (Fsp3) is 0.714. The van der Waals surface area contributed by atoms with E-state index in [0.717, 1.165) is 16.8 Å². The van der Waals surface area contributed by atoms with Crippen LogP contribution in [-0.4, -0.2) is 47.1 Å². The van der Waals surface area contributed by atoms with E-state index in [-0.39, 0.29) is 0 Å². The summed E-state index contributed by atoms with van der Waals surface area (Å²) in [6, 6.07) is 0.615. The van der Waals surface area contributed by atoms with Gasteiger partial charge >= 0.3 is 0 Å². The van der Waals surface area contributed by atoms with Gasteiger partial charge in [-0.2, -0.15) is 0 Å². The first-order valence-corrected chi connectivity index (χ1v) is 8.08. The Morgan fingerprint density at radius 3 is 2.79 bits per heavy atom. The lowest BCUT2D eigenvalue weighted by molar-refractivity contribution is 0.216. The smallest absolute Gasteiger partial charge is 0.146 e. The van der Waals surface area contributed by atoms with Crippen LogP contribution >= 0.6 is 15.9 Å². The lowest BCUT2D eigenvalue weighted by Gasteiger charge is -2.33. The number of nitrogens with zero attached hydrogens (tertiary/aromatic N) is 4. The molecule has 0 amide bonds. The molecule has 2 aliphatic heterocycles. The molecule has 0 aliphatic carbocycles. The van der Waals surface area contributed by atoms with E-state index >= 15 is 0 Å². The molecule has 4 nitrogen and oxygen atoms in total. The van der Waals surface area contributed by atoms with Crippen LogP contribution in [0, 0.1) is 0 Å². The van der Waals surface area contributed by atoms with Crippen LogP contribution in [0.15, 0.2) is 17.0 Å². The molecule has 0 spiro atoms. The molecule has 5 heteroatoms. The van der Waals surface area contributed by atoms with Crippen molar-refractivity contribution in [2.75, 3.05) is 31.1 Å². The minimum atomic E-state index is 0.615. The van der Waals surface area contributed by atoms with Crippen molar-refractivity contribution in [3.05, 3.63) is 17.0 Å². The SMILES string of the molecule is Brc1cncnc1N1CCCC1CN1CCCCC1. The maximum atomic E-state index is 4.45. The predicted molar refractivity (Wildman–Crippen MR) is 80.4 cm³/mol. The van der Waals surface area contributed by atoms with Crippen LogP contribution in [0.1, 0.15) is 32.1 Å². The molecule has 1 aromatic heterocycles. The monoisotopic (exact) mass is 324 g/mol. The number of halogens is 1. The average Bonchev–Trinajstić information content (AvgIpc) is 2.88. The normalized spacial score (nSPS) is 24.9. The van der Waals surface area contributed by atoms with Crippen LogP contribution < -0.4 is 4.90 Å². The highest BCUT2D eigenvalue weighted by Gasteiger charge is 2.29. The molecule has 1 unspecified atom stereocenters. The van der Waals surface area contributed by atoms with E-state index in [1.807, 2.05) is 6.20 Å². The van der Waals surface area contributed by atoms with E-state index in [1.165, 1.54) is 51.7 Å². The van der Waals surface area contributed by atoms with Crippen LogP contribution in [0.2, 0.25) is 0 Å². The van der Waals surface area contributed by atoms with Crippen LogP contribution in [0.3, 0.4) is 0 Å². The molecule has 3 heterocycles. The van der Waals surface area contributed by atoms with Crippen LogP contribution in [-0.2, 0) is 0 Å². The van der Waals surface area contributed by atoms with Crippen LogP contribution in [0.25, 0.3) is 0 Å². The minimum Gasteiger partial charge on any atom is -0.351 e. The van der Waals surface area contributed by atoms with E-state index in [1.54, 1.807) is 6.33 Å². The maximum absolute atomic E-state index is 4.45. The van der Waals surface area contributed by atoms with Crippen molar-refractivity contribution in [2.45, 2.75) is 38.1 Å². The molecule has 0 radical (unpaired) electrons. The van der Waals surface area contributed by atoms with Crippen molar-refractivity contribution in [3.63, 3.8) is 0 Å². The summed E-state index contributed by atoms with van der Waals surface area (Å²) < 4.78 is 1.01. The molecule has 1 aromatic rings. The Bertz CT molecular complexity index is 420. The Morgan fingerprint density at radius 1 is 1.16 bits per heavy atom. The quantitative estimate of drug-likeness (QED) is 0.855. The molecule has 1 atom stereocenters. The second-order valence-electron chi connectivity index (χ2n) is 5.54. The Kier molecular flexibility index (Phi) is 4.33. The summed E-state index contributed by atoms with van der Waals surface area (Å²) in [5, 5.41) is 0. The van der Waals surface area contributed by atoms with Gasteiger partial charge in [-0.3, -0.25) is 0 Å². The molecule has 3 rings (SSSR count). The van der Waals surface area contributed by atoms with E-state index in [2.05, 4.69) is 35.7 Å². The predicted octanol–water partition coefficient (Wildman–Crippen LogP) is 2.69. The molecule has 2 fully saturated rings. The summed E-state index contributed by atoms with van der Waals surface area (Å²) in [4.78, 5) is 13.6. The zero-order chi connectivity index (χ0) is 13.1. The Labute approximate surface area is 123 Å². The first kappa shape index (κ1) is 13.3. The summed E-state index contributed by atoms with van der Waals surface area (Å²) in [7, 11) is 0. The molecule has 0 N–H and O–H groups in total. The second kappa shape index (κ2) is 6.18. The van der Waals surface area contributed by atoms with Gasteiger partial charge in [0.25, 0.3) is 0 Å². The highest BCUT2D eigenvalue weighted by atomic mass is 79.9. The van der Waals surface area contributed by atoms with Crippen molar-refractivity contribution in [1.82, 2.24) is 14.9 Å². The fourth-order valence-corrected chi connectivity index (χ4v) is 3.71.